The van der Waals surface area contributed by atoms with E-state index in [4.69, 9.17) is 14.2 Å². The van der Waals surface area contributed by atoms with E-state index in [1.54, 1.807) is 7.11 Å². The van der Waals surface area contributed by atoms with Crippen LogP contribution >= 0.6 is 0 Å². The molecule has 1 aromatic rings. The summed E-state index contributed by atoms with van der Waals surface area (Å²) in [6.07, 6.45) is 0.728. The van der Waals surface area contributed by atoms with Crippen molar-refractivity contribution in [2.75, 3.05) is 40.1 Å². The van der Waals surface area contributed by atoms with Crippen molar-refractivity contribution in [3.63, 3.8) is 0 Å². The molecule has 0 radical (unpaired) electrons. The second-order valence-corrected chi connectivity index (χ2v) is 4.64. The Balaban J connectivity index is 2.08. The van der Waals surface area contributed by atoms with Gasteiger partial charge in [-0.1, -0.05) is 37.3 Å². The van der Waals surface area contributed by atoms with Gasteiger partial charge in [0.25, 0.3) is 0 Å². The molecule has 112 valence electrons. The molecule has 0 saturated heterocycles. The van der Waals surface area contributed by atoms with Crippen molar-refractivity contribution in [1.29, 1.82) is 0 Å². The molecule has 1 rings (SSSR count). The van der Waals surface area contributed by atoms with Crippen molar-refractivity contribution in [3.8, 4) is 0 Å². The summed E-state index contributed by atoms with van der Waals surface area (Å²) in [5.74, 6) is 0.150. The Labute approximate surface area is 121 Å². The van der Waals surface area contributed by atoms with Crippen LogP contribution in [0, 0.1) is 5.92 Å². The molecule has 1 atom stereocenters. The Morgan fingerprint density at radius 2 is 1.60 bits per heavy atom. The fraction of sp³-hybridized carbons (Fsp3) is 0.562. The topological polar surface area (TPSA) is 44.8 Å². The maximum Gasteiger partial charge on any atom is 0.165 e. The second-order valence-electron chi connectivity index (χ2n) is 4.64. The zero-order valence-electron chi connectivity index (χ0n) is 12.3. The van der Waals surface area contributed by atoms with Crippen molar-refractivity contribution >= 4 is 5.78 Å². The van der Waals surface area contributed by atoms with Gasteiger partial charge in [-0.2, -0.15) is 0 Å². The number of rotatable bonds is 11. The first-order valence-electron chi connectivity index (χ1n) is 6.99. The molecule has 0 aromatic heterocycles. The molecule has 0 N–H and O–H groups in total. The van der Waals surface area contributed by atoms with Gasteiger partial charge in [0.1, 0.15) is 0 Å². The van der Waals surface area contributed by atoms with Crippen molar-refractivity contribution in [3.05, 3.63) is 35.9 Å². The van der Waals surface area contributed by atoms with Crippen LogP contribution in [0.15, 0.2) is 30.3 Å². The molecule has 0 aliphatic heterocycles. The summed E-state index contributed by atoms with van der Waals surface area (Å²) in [5, 5.41) is 0. The van der Waals surface area contributed by atoms with Gasteiger partial charge in [-0.15, -0.1) is 0 Å². The minimum atomic E-state index is -0.0215. The number of ether oxygens (including phenoxy) is 3. The molecule has 0 heterocycles. The third kappa shape index (κ3) is 6.80. The Morgan fingerprint density at radius 3 is 2.25 bits per heavy atom. The monoisotopic (exact) mass is 280 g/mol. The van der Waals surface area contributed by atoms with E-state index in [2.05, 4.69) is 0 Å². The predicted molar refractivity (Wildman–Crippen MR) is 78.1 cm³/mol. The van der Waals surface area contributed by atoms with Crippen LogP contribution in [0.25, 0.3) is 0 Å². The summed E-state index contributed by atoms with van der Waals surface area (Å²) in [7, 11) is 1.64. The Hall–Kier alpha value is -1.23. The highest BCUT2D eigenvalue weighted by molar-refractivity contribution is 5.97. The van der Waals surface area contributed by atoms with E-state index in [0.717, 1.165) is 12.0 Å². The van der Waals surface area contributed by atoms with Gasteiger partial charge < -0.3 is 14.2 Å². The molecular formula is C16H24O4. The van der Waals surface area contributed by atoms with E-state index in [1.807, 2.05) is 37.3 Å². The van der Waals surface area contributed by atoms with Gasteiger partial charge in [-0.25, -0.2) is 0 Å². The number of hydrogen-bond donors (Lipinski definition) is 0. The van der Waals surface area contributed by atoms with Gasteiger partial charge in [0, 0.05) is 25.2 Å². The minimum Gasteiger partial charge on any atom is -0.382 e. The SMILES string of the molecule is COCCOCCOCCC(C)C(=O)c1ccccc1. The Kier molecular flexibility index (Phi) is 8.87. The Bertz CT molecular complexity index is 364. The molecule has 1 unspecified atom stereocenters. The van der Waals surface area contributed by atoms with Gasteiger partial charge in [0.15, 0.2) is 5.78 Å². The van der Waals surface area contributed by atoms with E-state index < -0.39 is 0 Å². The molecule has 4 nitrogen and oxygen atoms in total. The number of ketones is 1. The number of methoxy groups -OCH3 is 1. The average Bonchev–Trinajstić information content (AvgIpc) is 2.50. The molecule has 0 bridgehead atoms. The molecule has 4 heteroatoms. The Morgan fingerprint density at radius 1 is 1.00 bits per heavy atom. The fourth-order valence-electron chi connectivity index (χ4n) is 1.74. The van der Waals surface area contributed by atoms with E-state index in [9.17, 15) is 4.79 Å². The van der Waals surface area contributed by atoms with Crippen LogP contribution in [-0.2, 0) is 14.2 Å². The van der Waals surface area contributed by atoms with E-state index in [-0.39, 0.29) is 11.7 Å². The maximum absolute atomic E-state index is 12.1. The van der Waals surface area contributed by atoms with Crippen LogP contribution in [0.2, 0.25) is 0 Å². The standard InChI is InChI=1S/C16H24O4/c1-14(16(17)15-6-4-3-5-7-15)8-9-19-12-13-20-11-10-18-2/h3-7,14H,8-13H2,1-2H3. The molecule has 0 spiro atoms. The lowest BCUT2D eigenvalue weighted by Crippen LogP contribution is -2.15. The van der Waals surface area contributed by atoms with E-state index in [0.29, 0.717) is 33.0 Å². The molecule has 0 saturated carbocycles. The second kappa shape index (κ2) is 10.5. The number of carbonyl (C=O) groups is 1. The quantitative estimate of drug-likeness (QED) is 0.461. The zero-order chi connectivity index (χ0) is 14.6. The van der Waals surface area contributed by atoms with Crippen LogP contribution in [0.4, 0.5) is 0 Å². The van der Waals surface area contributed by atoms with E-state index in [1.165, 1.54) is 0 Å². The van der Waals surface area contributed by atoms with Crippen LogP contribution in [0.5, 0.6) is 0 Å². The van der Waals surface area contributed by atoms with Crippen LogP contribution in [-0.4, -0.2) is 45.9 Å². The first-order chi connectivity index (χ1) is 9.75. The normalized spacial score (nSPS) is 12.3. The predicted octanol–water partition coefficient (Wildman–Crippen LogP) is 2.58. The van der Waals surface area contributed by atoms with Gasteiger partial charge in [-0.3, -0.25) is 4.79 Å². The average molecular weight is 280 g/mol. The third-order valence-corrected chi connectivity index (χ3v) is 3.00. The number of Topliss-reactive ketones (excluding diaryl/α,β-unsaturated/α-hetero) is 1. The van der Waals surface area contributed by atoms with Crippen LogP contribution in [0.3, 0.4) is 0 Å². The lowest BCUT2D eigenvalue weighted by atomic mass is 9.97. The summed E-state index contributed by atoms with van der Waals surface area (Å²) in [5.41, 5.74) is 0.767. The van der Waals surface area contributed by atoms with Gasteiger partial charge in [0.05, 0.1) is 26.4 Å². The molecule has 0 aliphatic carbocycles. The molecule has 1 aromatic carbocycles. The van der Waals surface area contributed by atoms with Crippen LogP contribution < -0.4 is 0 Å². The minimum absolute atomic E-state index is 0.0215. The maximum atomic E-state index is 12.1. The smallest absolute Gasteiger partial charge is 0.165 e. The first-order valence-corrected chi connectivity index (χ1v) is 6.99. The van der Waals surface area contributed by atoms with Crippen molar-refractivity contribution in [2.45, 2.75) is 13.3 Å². The van der Waals surface area contributed by atoms with Crippen molar-refractivity contribution in [1.82, 2.24) is 0 Å². The third-order valence-electron chi connectivity index (χ3n) is 3.00. The molecular weight excluding hydrogens is 256 g/mol. The van der Waals surface area contributed by atoms with E-state index >= 15 is 0 Å². The number of carbonyl (C=O) groups excluding carboxylic acids is 1. The van der Waals surface area contributed by atoms with Crippen molar-refractivity contribution < 1.29 is 19.0 Å². The van der Waals surface area contributed by atoms with Crippen LogP contribution in [0.1, 0.15) is 23.7 Å². The summed E-state index contributed by atoms with van der Waals surface area (Å²) >= 11 is 0. The number of hydrogen-bond acceptors (Lipinski definition) is 4. The highest BCUT2D eigenvalue weighted by Gasteiger charge is 2.14. The molecule has 20 heavy (non-hydrogen) atoms. The summed E-state index contributed by atoms with van der Waals surface area (Å²) in [6.45, 7) is 4.81. The molecule has 0 aliphatic rings. The van der Waals surface area contributed by atoms with Gasteiger partial charge in [0.2, 0.25) is 0 Å². The lowest BCUT2D eigenvalue weighted by molar-refractivity contribution is 0.0222. The summed E-state index contributed by atoms with van der Waals surface area (Å²) in [6, 6.07) is 9.38. The molecule has 0 fully saturated rings. The van der Waals surface area contributed by atoms with Gasteiger partial charge >= 0.3 is 0 Å². The highest BCUT2D eigenvalue weighted by atomic mass is 16.5. The summed E-state index contributed by atoms with van der Waals surface area (Å²) in [4.78, 5) is 12.1. The van der Waals surface area contributed by atoms with Gasteiger partial charge in [-0.05, 0) is 6.42 Å². The largest absolute Gasteiger partial charge is 0.382 e. The molecule has 0 amide bonds. The lowest BCUT2D eigenvalue weighted by Gasteiger charge is -2.11. The first kappa shape index (κ1) is 16.8. The number of benzene rings is 1. The zero-order valence-corrected chi connectivity index (χ0v) is 12.3. The highest BCUT2D eigenvalue weighted by Crippen LogP contribution is 2.11. The fourth-order valence-corrected chi connectivity index (χ4v) is 1.74. The summed E-state index contributed by atoms with van der Waals surface area (Å²) < 4.78 is 15.6. The van der Waals surface area contributed by atoms with Crippen molar-refractivity contribution in [2.24, 2.45) is 5.92 Å².